The Morgan fingerprint density at radius 2 is 1.91 bits per heavy atom. The molecular weight excluding hydrogens is 308 g/mol. The largest absolute Gasteiger partial charge is 0.480 e. The van der Waals surface area contributed by atoms with Crippen molar-refractivity contribution in [1.82, 2.24) is 5.32 Å². The second-order valence-electron chi connectivity index (χ2n) is 5.80. The van der Waals surface area contributed by atoms with E-state index in [9.17, 15) is 14.4 Å². The number of benzene rings is 1. The second-order valence-corrected chi connectivity index (χ2v) is 6.24. The molecule has 0 radical (unpaired) electrons. The molecule has 2 N–H and O–H groups in total. The van der Waals surface area contributed by atoms with Gasteiger partial charge in [-0.2, -0.15) is 0 Å². The van der Waals surface area contributed by atoms with E-state index < -0.39 is 23.3 Å². The van der Waals surface area contributed by atoms with Crippen LogP contribution in [0.1, 0.15) is 20.3 Å². The number of halogens is 1. The minimum atomic E-state index is -1.37. The quantitative estimate of drug-likeness (QED) is 0.882. The van der Waals surface area contributed by atoms with Crippen molar-refractivity contribution in [2.45, 2.75) is 25.8 Å². The van der Waals surface area contributed by atoms with Crippen molar-refractivity contribution in [2.75, 3.05) is 11.4 Å². The number of amides is 2. The molecule has 0 spiro atoms. The number of carbonyl (C=O) groups excluding carboxylic acids is 2. The summed E-state index contributed by atoms with van der Waals surface area (Å²) in [5.74, 6) is -2.30. The molecule has 22 heavy (non-hydrogen) atoms. The van der Waals surface area contributed by atoms with Crippen molar-refractivity contribution >= 4 is 35.1 Å². The highest BCUT2D eigenvalue weighted by molar-refractivity contribution is 6.30. The lowest BCUT2D eigenvalue weighted by atomic mass is 10.0. The molecule has 2 amide bonds. The van der Waals surface area contributed by atoms with E-state index >= 15 is 0 Å². The van der Waals surface area contributed by atoms with Gasteiger partial charge in [-0.25, -0.2) is 4.79 Å². The molecule has 1 heterocycles. The molecule has 0 saturated carbocycles. The van der Waals surface area contributed by atoms with Gasteiger partial charge in [-0.15, -0.1) is 0 Å². The van der Waals surface area contributed by atoms with Crippen molar-refractivity contribution in [3.8, 4) is 0 Å². The van der Waals surface area contributed by atoms with Gasteiger partial charge in [-0.05, 0) is 38.1 Å². The smallest absolute Gasteiger partial charge is 0.328 e. The summed E-state index contributed by atoms with van der Waals surface area (Å²) in [7, 11) is 0. The summed E-state index contributed by atoms with van der Waals surface area (Å²) in [5, 5.41) is 12.1. The van der Waals surface area contributed by atoms with E-state index in [0.717, 1.165) is 0 Å². The van der Waals surface area contributed by atoms with E-state index in [1.807, 2.05) is 0 Å². The zero-order valence-electron chi connectivity index (χ0n) is 12.3. The average molecular weight is 325 g/mol. The van der Waals surface area contributed by atoms with Gasteiger partial charge in [0.15, 0.2) is 0 Å². The molecule has 1 aliphatic heterocycles. The Hall–Kier alpha value is -2.08. The first kappa shape index (κ1) is 16.3. The van der Waals surface area contributed by atoms with E-state index in [1.54, 1.807) is 24.3 Å². The highest BCUT2D eigenvalue weighted by Crippen LogP contribution is 2.26. The summed E-state index contributed by atoms with van der Waals surface area (Å²) in [5.41, 5.74) is -0.699. The summed E-state index contributed by atoms with van der Waals surface area (Å²) in [6, 6.07) is 6.76. The highest BCUT2D eigenvalue weighted by atomic mass is 35.5. The fourth-order valence-electron chi connectivity index (χ4n) is 2.22. The first-order valence-electron chi connectivity index (χ1n) is 6.82. The molecule has 1 fully saturated rings. The predicted molar refractivity (Wildman–Crippen MR) is 81.8 cm³/mol. The summed E-state index contributed by atoms with van der Waals surface area (Å²) in [6.07, 6.45) is 0.0597. The van der Waals surface area contributed by atoms with Crippen LogP contribution in [0.5, 0.6) is 0 Å². The number of hydrogen-bond acceptors (Lipinski definition) is 3. The van der Waals surface area contributed by atoms with Gasteiger partial charge in [0, 0.05) is 23.7 Å². The first-order valence-corrected chi connectivity index (χ1v) is 7.20. The standard InChI is InChI=1S/C15H17ClN2O4/c1-15(2,14(21)22)17-13(20)9-7-12(19)18(8-9)11-5-3-10(16)4-6-11/h3-6,9H,7-8H2,1-2H3,(H,17,20)(H,21,22). The lowest BCUT2D eigenvalue weighted by molar-refractivity contribution is -0.146. The maximum absolute atomic E-state index is 12.2. The van der Waals surface area contributed by atoms with Crippen LogP contribution < -0.4 is 10.2 Å². The van der Waals surface area contributed by atoms with Crippen molar-refractivity contribution in [2.24, 2.45) is 5.92 Å². The molecule has 118 valence electrons. The zero-order chi connectivity index (χ0) is 16.5. The number of hydrogen-bond donors (Lipinski definition) is 2. The van der Waals surface area contributed by atoms with Crippen LogP contribution >= 0.6 is 11.6 Å². The Morgan fingerprint density at radius 3 is 2.45 bits per heavy atom. The molecule has 6 nitrogen and oxygen atoms in total. The van der Waals surface area contributed by atoms with Crippen LogP contribution in [0.25, 0.3) is 0 Å². The molecule has 0 aromatic heterocycles. The van der Waals surface area contributed by atoms with Crippen LogP contribution in [0.4, 0.5) is 5.69 Å². The van der Waals surface area contributed by atoms with Crippen LogP contribution in [0.15, 0.2) is 24.3 Å². The Labute approximate surface area is 133 Å². The molecule has 1 aromatic rings. The maximum atomic E-state index is 12.2. The number of anilines is 1. The summed E-state index contributed by atoms with van der Waals surface area (Å²) >= 11 is 5.81. The Balaban J connectivity index is 2.07. The van der Waals surface area contributed by atoms with Crippen molar-refractivity contribution < 1.29 is 19.5 Å². The Morgan fingerprint density at radius 1 is 1.32 bits per heavy atom. The van der Waals surface area contributed by atoms with Gasteiger partial charge in [0.05, 0.1) is 5.92 Å². The van der Waals surface area contributed by atoms with Gasteiger partial charge >= 0.3 is 5.97 Å². The Kier molecular flexibility index (Phi) is 4.42. The molecule has 1 aromatic carbocycles. The number of carbonyl (C=O) groups is 3. The van der Waals surface area contributed by atoms with Gasteiger partial charge in [0.25, 0.3) is 0 Å². The molecule has 0 bridgehead atoms. The van der Waals surface area contributed by atoms with Gasteiger partial charge in [-0.3, -0.25) is 9.59 Å². The summed E-state index contributed by atoms with van der Waals surface area (Å²) in [4.78, 5) is 36.8. The second kappa shape index (κ2) is 5.96. The molecule has 1 aliphatic rings. The first-order chi connectivity index (χ1) is 10.2. The monoisotopic (exact) mass is 324 g/mol. The van der Waals surface area contributed by atoms with Crippen molar-refractivity contribution in [3.63, 3.8) is 0 Å². The predicted octanol–water partition coefficient (Wildman–Crippen LogP) is 1.67. The van der Waals surface area contributed by atoms with E-state index in [4.69, 9.17) is 16.7 Å². The topological polar surface area (TPSA) is 86.7 Å². The van der Waals surface area contributed by atoms with Gasteiger partial charge < -0.3 is 15.3 Å². The van der Waals surface area contributed by atoms with E-state index in [-0.39, 0.29) is 18.9 Å². The van der Waals surface area contributed by atoms with Gasteiger partial charge in [0.1, 0.15) is 5.54 Å². The third-order valence-corrected chi connectivity index (χ3v) is 3.86. The van der Waals surface area contributed by atoms with Crippen molar-refractivity contribution in [3.05, 3.63) is 29.3 Å². The van der Waals surface area contributed by atoms with E-state index in [0.29, 0.717) is 10.7 Å². The fraction of sp³-hybridized carbons (Fsp3) is 0.400. The van der Waals surface area contributed by atoms with Crippen molar-refractivity contribution in [1.29, 1.82) is 0 Å². The zero-order valence-corrected chi connectivity index (χ0v) is 13.1. The van der Waals surface area contributed by atoms with Crippen LogP contribution in [-0.2, 0) is 14.4 Å². The number of aliphatic carboxylic acids is 1. The summed E-state index contributed by atoms with van der Waals surface area (Å²) < 4.78 is 0. The van der Waals surface area contributed by atoms with Gasteiger partial charge in [0.2, 0.25) is 11.8 Å². The lowest BCUT2D eigenvalue weighted by Gasteiger charge is -2.23. The van der Waals surface area contributed by atoms with E-state index in [2.05, 4.69) is 5.32 Å². The molecule has 1 atom stereocenters. The molecule has 2 rings (SSSR count). The normalized spacial score (nSPS) is 18.4. The minimum absolute atomic E-state index is 0.0597. The number of carboxylic acids is 1. The number of carboxylic acid groups (broad SMARTS) is 1. The number of rotatable bonds is 4. The third-order valence-electron chi connectivity index (χ3n) is 3.60. The highest BCUT2D eigenvalue weighted by Gasteiger charge is 2.38. The lowest BCUT2D eigenvalue weighted by Crippen LogP contribution is -2.51. The molecule has 1 unspecified atom stereocenters. The van der Waals surface area contributed by atoms with Crippen LogP contribution in [0.2, 0.25) is 5.02 Å². The van der Waals surface area contributed by atoms with Crippen LogP contribution in [-0.4, -0.2) is 35.0 Å². The maximum Gasteiger partial charge on any atom is 0.328 e. The number of nitrogens with one attached hydrogen (secondary N) is 1. The molecule has 7 heteroatoms. The fourth-order valence-corrected chi connectivity index (χ4v) is 2.34. The SMILES string of the molecule is CC(C)(NC(=O)C1CC(=O)N(c2ccc(Cl)cc2)C1)C(=O)O. The minimum Gasteiger partial charge on any atom is -0.480 e. The van der Waals surface area contributed by atoms with Crippen LogP contribution in [0.3, 0.4) is 0 Å². The average Bonchev–Trinajstić information content (AvgIpc) is 2.81. The number of nitrogens with zero attached hydrogens (tertiary/aromatic N) is 1. The Bertz CT molecular complexity index is 612. The van der Waals surface area contributed by atoms with E-state index in [1.165, 1.54) is 18.7 Å². The molecule has 0 aliphatic carbocycles. The molecule has 1 saturated heterocycles. The summed E-state index contributed by atoms with van der Waals surface area (Å²) in [6.45, 7) is 3.03. The van der Waals surface area contributed by atoms with Gasteiger partial charge in [-0.1, -0.05) is 11.6 Å². The molecular formula is C15H17ClN2O4. The van der Waals surface area contributed by atoms with Crippen LogP contribution in [0, 0.1) is 5.92 Å². The third kappa shape index (κ3) is 3.39.